The molecule has 0 atom stereocenters. The van der Waals surface area contributed by atoms with Gasteiger partial charge in [0.2, 0.25) is 5.91 Å². The van der Waals surface area contributed by atoms with Crippen molar-refractivity contribution in [3.05, 3.63) is 107 Å². The van der Waals surface area contributed by atoms with Gasteiger partial charge in [0, 0.05) is 27.9 Å². The second-order valence-electron chi connectivity index (χ2n) is 5.93. The summed E-state index contributed by atoms with van der Waals surface area (Å²) in [4.78, 5) is 10.6. The summed E-state index contributed by atoms with van der Waals surface area (Å²) in [5.41, 5.74) is 8.94. The Bertz CT molecular complexity index is 805. The summed E-state index contributed by atoms with van der Waals surface area (Å²) < 4.78 is 11.9. The van der Waals surface area contributed by atoms with Crippen LogP contribution in [-0.4, -0.2) is 10.1 Å². The number of nitrogens with two attached hydrogens (primary N) is 1. The largest absolute Gasteiger partial charge is 0.366 e. The average Bonchev–Trinajstić information content (AvgIpc) is 2.64. The first-order valence-electron chi connectivity index (χ1n) is 8.34. The van der Waals surface area contributed by atoms with Crippen LogP contribution in [-0.2, 0) is 22.3 Å². The number of aryl methyl sites for hydroxylation is 1. The molecular formula is C22H23NO2S. The van der Waals surface area contributed by atoms with Crippen LogP contribution >= 0.6 is 0 Å². The lowest BCUT2D eigenvalue weighted by atomic mass is 10.1. The monoisotopic (exact) mass is 365 g/mol. The number of carbonyl (C=O) groups is 1. The molecule has 0 bridgehead atoms. The van der Waals surface area contributed by atoms with Gasteiger partial charge in [0.1, 0.15) is 0 Å². The van der Waals surface area contributed by atoms with Gasteiger partial charge in [0.25, 0.3) is 0 Å². The standard InChI is InChI=1S/C14H14OS.C8H9NO/c15-16(11-13-7-3-1-4-8-13)12-14-9-5-2-6-10-14;1-6-3-2-4-7(5-6)8(9)10/h1-10H,11-12H2;2-5H,1H3,(H2,9,10). The molecule has 0 aliphatic rings. The molecule has 3 nitrogen and oxygen atoms in total. The quantitative estimate of drug-likeness (QED) is 0.735. The third-order valence-corrected chi connectivity index (χ3v) is 4.95. The highest BCUT2D eigenvalue weighted by molar-refractivity contribution is 7.83. The Hall–Kier alpha value is -2.72. The van der Waals surface area contributed by atoms with E-state index in [1.807, 2.05) is 79.7 Å². The van der Waals surface area contributed by atoms with Crippen molar-refractivity contribution in [3.63, 3.8) is 0 Å². The first kappa shape index (κ1) is 19.6. The molecule has 3 aromatic rings. The van der Waals surface area contributed by atoms with Crippen molar-refractivity contribution in [3.8, 4) is 0 Å². The van der Waals surface area contributed by atoms with E-state index in [0.717, 1.165) is 16.7 Å². The van der Waals surface area contributed by atoms with Crippen LogP contribution in [0.15, 0.2) is 84.9 Å². The fourth-order valence-corrected chi connectivity index (χ4v) is 3.60. The highest BCUT2D eigenvalue weighted by atomic mass is 32.2. The van der Waals surface area contributed by atoms with Crippen LogP contribution in [0.4, 0.5) is 0 Å². The summed E-state index contributed by atoms with van der Waals surface area (Å²) in [7, 11) is -0.822. The fourth-order valence-electron chi connectivity index (χ4n) is 2.37. The molecule has 134 valence electrons. The van der Waals surface area contributed by atoms with Gasteiger partial charge in [-0.05, 0) is 30.2 Å². The van der Waals surface area contributed by atoms with Crippen LogP contribution in [0, 0.1) is 6.92 Å². The van der Waals surface area contributed by atoms with Crippen molar-refractivity contribution in [2.24, 2.45) is 5.73 Å². The summed E-state index contributed by atoms with van der Waals surface area (Å²) >= 11 is 0. The van der Waals surface area contributed by atoms with Gasteiger partial charge >= 0.3 is 0 Å². The third-order valence-electron chi connectivity index (χ3n) is 3.64. The topological polar surface area (TPSA) is 60.2 Å². The Kier molecular flexibility index (Phi) is 7.77. The molecule has 0 heterocycles. The van der Waals surface area contributed by atoms with Crippen molar-refractivity contribution >= 4 is 16.7 Å². The van der Waals surface area contributed by atoms with E-state index in [1.54, 1.807) is 12.1 Å². The lowest BCUT2D eigenvalue weighted by Crippen LogP contribution is -2.10. The number of hydrogen-bond donors (Lipinski definition) is 1. The molecule has 3 aromatic carbocycles. The van der Waals surface area contributed by atoms with Crippen molar-refractivity contribution in [2.75, 3.05) is 0 Å². The number of hydrogen-bond acceptors (Lipinski definition) is 2. The minimum atomic E-state index is -0.822. The van der Waals surface area contributed by atoms with Gasteiger partial charge in [-0.15, -0.1) is 0 Å². The normalized spacial score (nSPS) is 10.1. The van der Waals surface area contributed by atoms with Crippen LogP contribution in [0.5, 0.6) is 0 Å². The maximum absolute atomic E-state index is 11.9. The van der Waals surface area contributed by atoms with Gasteiger partial charge in [0.15, 0.2) is 0 Å². The summed E-state index contributed by atoms with van der Waals surface area (Å²) in [6.45, 7) is 1.92. The van der Waals surface area contributed by atoms with Crippen LogP contribution < -0.4 is 5.73 Å². The zero-order valence-corrected chi connectivity index (χ0v) is 15.6. The molecular weight excluding hydrogens is 342 g/mol. The lowest BCUT2D eigenvalue weighted by molar-refractivity contribution is 0.1000. The number of primary amides is 1. The summed E-state index contributed by atoms with van der Waals surface area (Å²) in [6.07, 6.45) is 0. The van der Waals surface area contributed by atoms with Crippen molar-refractivity contribution in [1.82, 2.24) is 0 Å². The van der Waals surface area contributed by atoms with Crippen LogP contribution in [0.2, 0.25) is 0 Å². The molecule has 26 heavy (non-hydrogen) atoms. The SMILES string of the molecule is Cc1cccc(C(N)=O)c1.O=S(Cc1ccccc1)Cc1ccccc1. The van der Waals surface area contributed by atoms with Gasteiger partial charge in [-0.25, -0.2) is 0 Å². The fraction of sp³-hybridized carbons (Fsp3) is 0.136. The predicted octanol–water partition coefficient (Wildman–Crippen LogP) is 4.23. The summed E-state index contributed by atoms with van der Waals surface area (Å²) in [5.74, 6) is 0.898. The Labute approximate surface area is 157 Å². The highest BCUT2D eigenvalue weighted by Gasteiger charge is 2.02. The van der Waals surface area contributed by atoms with E-state index in [9.17, 15) is 9.00 Å². The molecule has 4 heteroatoms. The summed E-state index contributed by atoms with van der Waals surface area (Å²) in [5, 5.41) is 0. The average molecular weight is 365 g/mol. The first-order valence-corrected chi connectivity index (χ1v) is 9.82. The second kappa shape index (κ2) is 10.3. The van der Waals surface area contributed by atoms with Gasteiger partial charge in [-0.3, -0.25) is 9.00 Å². The lowest BCUT2D eigenvalue weighted by Gasteiger charge is -2.02. The molecule has 3 rings (SSSR count). The molecule has 0 aromatic heterocycles. The Morgan fingerprint density at radius 3 is 1.69 bits per heavy atom. The zero-order valence-electron chi connectivity index (χ0n) is 14.8. The molecule has 0 spiro atoms. The van der Waals surface area contributed by atoms with Gasteiger partial charge in [-0.2, -0.15) is 0 Å². The van der Waals surface area contributed by atoms with Crippen LogP contribution in [0.3, 0.4) is 0 Å². The maximum Gasteiger partial charge on any atom is 0.248 e. The van der Waals surface area contributed by atoms with E-state index in [4.69, 9.17) is 5.73 Å². The Balaban J connectivity index is 0.000000209. The molecule has 0 unspecified atom stereocenters. The van der Waals surface area contributed by atoms with Gasteiger partial charge < -0.3 is 5.73 Å². The summed E-state index contributed by atoms with van der Waals surface area (Å²) in [6, 6.07) is 27.2. The predicted molar refractivity (Wildman–Crippen MR) is 108 cm³/mol. The molecule has 1 amide bonds. The van der Waals surface area contributed by atoms with E-state index < -0.39 is 10.8 Å². The van der Waals surface area contributed by atoms with Gasteiger partial charge in [0.05, 0.1) is 0 Å². The molecule has 0 saturated carbocycles. The molecule has 0 saturated heterocycles. The van der Waals surface area contributed by atoms with Crippen molar-refractivity contribution in [1.29, 1.82) is 0 Å². The number of amides is 1. The van der Waals surface area contributed by atoms with E-state index in [-0.39, 0.29) is 5.91 Å². The maximum atomic E-state index is 11.9. The molecule has 2 N–H and O–H groups in total. The number of benzene rings is 3. The van der Waals surface area contributed by atoms with Crippen LogP contribution in [0.1, 0.15) is 27.0 Å². The second-order valence-corrected chi connectivity index (χ2v) is 7.39. The molecule has 0 aliphatic heterocycles. The van der Waals surface area contributed by atoms with Gasteiger partial charge in [-0.1, -0.05) is 78.4 Å². The van der Waals surface area contributed by atoms with E-state index >= 15 is 0 Å². The number of rotatable bonds is 5. The smallest absolute Gasteiger partial charge is 0.248 e. The molecule has 0 radical (unpaired) electrons. The van der Waals surface area contributed by atoms with E-state index in [0.29, 0.717) is 17.1 Å². The third kappa shape index (κ3) is 7.03. The Morgan fingerprint density at radius 1 is 0.808 bits per heavy atom. The first-order chi connectivity index (χ1) is 12.5. The van der Waals surface area contributed by atoms with Crippen molar-refractivity contribution in [2.45, 2.75) is 18.4 Å². The minimum Gasteiger partial charge on any atom is -0.366 e. The van der Waals surface area contributed by atoms with E-state index in [2.05, 4.69) is 0 Å². The molecule has 0 aliphatic carbocycles. The van der Waals surface area contributed by atoms with Crippen molar-refractivity contribution < 1.29 is 9.00 Å². The minimum absolute atomic E-state index is 0.372. The van der Waals surface area contributed by atoms with E-state index in [1.165, 1.54) is 0 Å². The highest BCUT2D eigenvalue weighted by Crippen LogP contribution is 2.08. The zero-order chi connectivity index (χ0) is 18.8. The Morgan fingerprint density at radius 2 is 1.31 bits per heavy atom. The number of carbonyl (C=O) groups excluding carboxylic acids is 1. The van der Waals surface area contributed by atoms with Crippen LogP contribution in [0.25, 0.3) is 0 Å². The molecule has 0 fully saturated rings.